The van der Waals surface area contributed by atoms with Crippen molar-refractivity contribution in [2.75, 3.05) is 6.54 Å². The van der Waals surface area contributed by atoms with Crippen LogP contribution in [0, 0.1) is 13.8 Å². The normalized spacial score (nSPS) is 15.9. The van der Waals surface area contributed by atoms with E-state index in [1.165, 1.54) is 0 Å². The van der Waals surface area contributed by atoms with Crippen LogP contribution in [0.1, 0.15) is 48.9 Å². The number of hydrogen-bond acceptors (Lipinski definition) is 4. The van der Waals surface area contributed by atoms with Crippen LogP contribution < -0.4 is 10.6 Å². The minimum Gasteiger partial charge on any atom is -0.467 e. The molecule has 2 heterocycles. The Kier molecular flexibility index (Phi) is 5.21. The molecule has 0 bridgehead atoms. The fourth-order valence-corrected chi connectivity index (χ4v) is 3.34. The van der Waals surface area contributed by atoms with Crippen molar-refractivity contribution >= 4 is 11.8 Å². The minimum absolute atomic E-state index is 0.120. The van der Waals surface area contributed by atoms with Gasteiger partial charge in [0.1, 0.15) is 11.8 Å². The van der Waals surface area contributed by atoms with E-state index in [0.29, 0.717) is 5.76 Å². The van der Waals surface area contributed by atoms with Gasteiger partial charge in [-0.1, -0.05) is 12.8 Å². The maximum atomic E-state index is 12.1. The summed E-state index contributed by atoms with van der Waals surface area (Å²) in [6.07, 6.45) is 5.68. The van der Waals surface area contributed by atoms with Crippen molar-refractivity contribution in [2.24, 2.45) is 0 Å². The number of nitrogens with zero attached hydrogens (tertiary/aromatic N) is 2. The number of furan rings is 1. The van der Waals surface area contributed by atoms with Crippen molar-refractivity contribution in [1.29, 1.82) is 0 Å². The van der Waals surface area contributed by atoms with Gasteiger partial charge in [0.15, 0.2) is 0 Å². The lowest BCUT2D eigenvalue weighted by Crippen LogP contribution is -2.45. The van der Waals surface area contributed by atoms with Crippen LogP contribution in [0.25, 0.3) is 0 Å². The molecule has 3 rings (SSSR count). The Bertz CT molecular complexity index is 730. The standard InChI is InChI=1S/C18H24N4O3/c1-12-10-13(2)22(21-12)15(16-8-5-9-25-16)11-19-17(23)18(24)20-14-6-3-4-7-14/h5,8-10,14-15H,3-4,6-7,11H2,1-2H3,(H,19,23)(H,20,24). The summed E-state index contributed by atoms with van der Waals surface area (Å²) in [6.45, 7) is 4.09. The SMILES string of the molecule is Cc1cc(C)n(C(CNC(=O)C(=O)NC2CCCC2)c2ccco2)n1. The van der Waals surface area contributed by atoms with Gasteiger partial charge in [-0.2, -0.15) is 5.10 Å². The van der Waals surface area contributed by atoms with Gasteiger partial charge in [0.25, 0.3) is 0 Å². The number of amides is 2. The van der Waals surface area contributed by atoms with Gasteiger partial charge in [-0.05, 0) is 44.9 Å². The van der Waals surface area contributed by atoms with Crippen molar-refractivity contribution in [3.8, 4) is 0 Å². The first kappa shape index (κ1) is 17.3. The van der Waals surface area contributed by atoms with E-state index in [4.69, 9.17) is 4.42 Å². The predicted octanol–water partition coefficient (Wildman–Crippen LogP) is 1.86. The van der Waals surface area contributed by atoms with Crippen LogP contribution in [-0.2, 0) is 9.59 Å². The zero-order chi connectivity index (χ0) is 17.8. The highest BCUT2D eigenvalue weighted by atomic mass is 16.3. The fraction of sp³-hybridized carbons (Fsp3) is 0.500. The molecule has 2 N–H and O–H groups in total. The number of nitrogens with one attached hydrogen (secondary N) is 2. The summed E-state index contributed by atoms with van der Waals surface area (Å²) in [5.41, 5.74) is 1.85. The molecule has 1 fully saturated rings. The highest BCUT2D eigenvalue weighted by molar-refractivity contribution is 6.35. The van der Waals surface area contributed by atoms with E-state index in [1.807, 2.05) is 30.7 Å². The third-order valence-corrected chi connectivity index (χ3v) is 4.56. The van der Waals surface area contributed by atoms with Gasteiger partial charge in [0.2, 0.25) is 0 Å². The second kappa shape index (κ2) is 7.55. The second-order valence-corrected chi connectivity index (χ2v) is 6.57. The van der Waals surface area contributed by atoms with Gasteiger partial charge in [0, 0.05) is 18.3 Å². The van der Waals surface area contributed by atoms with Gasteiger partial charge in [-0.15, -0.1) is 0 Å². The molecular formula is C18H24N4O3. The number of rotatable bonds is 5. The number of hydrogen-bond donors (Lipinski definition) is 2. The molecule has 7 heteroatoms. The van der Waals surface area contributed by atoms with Crippen molar-refractivity contribution in [2.45, 2.75) is 51.6 Å². The predicted molar refractivity (Wildman–Crippen MR) is 92.0 cm³/mol. The molecule has 25 heavy (non-hydrogen) atoms. The molecule has 1 unspecified atom stereocenters. The molecular weight excluding hydrogens is 320 g/mol. The summed E-state index contributed by atoms with van der Waals surface area (Å²) >= 11 is 0. The van der Waals surface area contributed by atoms with E-state index in [9.17, 15) is 9.59 Å². The molecule has 1 aliphatic rings. The summed E-state index contributed by atoms with van der Waals surface area (Å²) in [4.78, 5) is 24.2. The highest BCUT2D eigenvalue weighted by Gasteiger charge is 2.24. The van der Waals surface area contributed by atoms with Crippen LogP contribution in [0.2, 0.25) is 0 Å². The minimum atomic E-state index is -0.620. The Balaban J connectivity index is 1.65. The van der Waals surface area contributed by atoms with Gasteiger partial charge in [0.05, 0.1) is 12.0 Å². The van der Waals surface area contributed by atoms with E-state index in [1.54, 1.807) is 12.3 Å². The molecule has 0 spiro atoms. The maximum Gasteiger partial charge on any atom is 0.309 e. The van der Waals surface area contributed by atoms with Crippen LogP contribution in [-0.4, -0.2) is 34.2 Å². The van der Waals surface area contributed by atoms with E-state index >= 15 is 0 Å². The first-order valence-electron chi connectivity index (χ1n) is 8.69. The lowest BCUT2D eigenvalue weighted by atomic mass is 10.2. The van der Waals surface area contributed by atoms with Crippen molar-refractivity contribution in [3.63, 3.8) is 0 Å². The second-order valence-electron chi connectivity index (χ2n) is 6.57. The third kappa shape index (κ3) is 4.10. The topological polar surface area (TPSA) is 89.2 Å². The Morgan fingerprint density at radius 3 is 2.68 bits per heavy atom. The molecule has 1 saturated carbocycles. The largest absolute Gasteiger partial charge is 0.467 e. The molecule has 0 aliphatic heterocycles. The lowest BCUT2D eigenvalue weighted by Gasteiger charge is -2.18. The van der Waals surface area contributed by atoms with Crippen molar-refractivity contribution < 1.29 is 14.0 Å². The zero-order valence-electron chi connectivity index (χ0n) is 14.6. The molecule has 7 nitrogen and oxygen atoms in total. The van der Waals surface area contributed by atoms with Crippen molar-refractivity contribution in [1.82, 2.24) is 20.4 Å². The average Bonchev–Trinajstić information content (AvgIpc) is 3.31. The number of carbonyl (C=O) groups excluding carboxylic acids is 2. The number of aromatic nitrogens is 2. The molecule has 1 aliphatic carbocycles. The first-order valence-corrected chi connectivity index (χ1v) is 8.69. The van der Waals surface area contributed by atoms with Gasteiger partial charge < -0.3 is 15.1 Å². The van der Waals surface area contributed by atoms with Crippen LogP contribution >= 0.6 is 0 Å². The van der Waals surface area contributed by atoms with Crippen LogP contribution in [0.3, 0.4) is 0 Å². The maximum absolute atomic E-state index is 12.1. The van der Waals surface area contributed by atoms with Gasteiger partial charge in [-0.3, -0.25) is 14.3 Å². The third-order valence-electron chi connectivity index (χ3n) is 4.56. The van der Waals surface area contributed by atoms with E-state index in [2.05, 4.69) is 15.7 Å². The van der Waals surface area contributed by atoms with E-state index in [0.717, 1.165) is 37.1 Å². The Labute approximate surface area is 146 Å². The zero-order valence-corrected chi connectivity index (χ0v) is 14.6. The molecule has 0 radical (unpaired) electrons. The number of carbonyl (C=O) groups is 2. The smallest absolute Gasteiger partial charge is 0.309 e. The summed E-state index contributed by atoms with van der Waals surface area (Å²) in [5.74, 6) is -0.508. The highest BCUT2D eigenvalue weighted by Crippen LogP contribution is 2.20. The van der Waals surface area contributed by atoms with E-state index < -0.39 is 11.8 Å². The molecule has 1 atom stereocenters. The molecule has 0 saturated heterocycles. The molecule has 134 valence electrons. The van der Waals surface area contributed by atoms with Crippen LogP contribution in [0.5, 0.6) is 0 Å². The average molecular weight is 344 g/mol. The van der Waals surface area contributed by atoms with E-state index in [-0.39, 0.29) is 18.6 Å². The quantitative estimate of drug-likeness (QED) is 0.810. The molecule has 2 aromatic heterocycles. The monoisotopic (exact) mass is 344 g/mol. The lowest BCUT2D eigenvalue weighted by molar-refractivity contribution is -0.139. The fourth-order valence-electron chi connectivity index (χ4n) is 3.34. The summed E-state index contributed by atoms with van der Waals surface area (Å²) in [7, 11) is 0. The molecule has 0 aromatic carbocycles. The van der Waals surface area contributed by atoms with Gasteiger partial charge in [-0.25, -0.2) is 0 Å². The summed E-state index contributed by atoms with van der Waals surface area (Å²) in [5, 5.41) is 9.98. The van der Waals surface area contributed by atoms with Crippen LogP contribution in [0.4, 0.5) is 0 Å². The molecule has 2 aromatic rings. The van der Waals surface area contributed by atoms with Gasteiger partial charge >= 0.3 is 11.8 Å². The first-order chi connectivity index (χ1) is 12.0. The number of aryl methyl sites for hydroxylation is 2. The van der Waals surface area contributed by atoms with Crippen LogP contribution in [0.15, 0.2) is 28.9 Å². The molecule has 2 amide bonds. The van der Waals surface area contributed by atoms with Crippen molar-refractivity contribution in [3.05, 3.63) is 41.6 Å². The summed E-state index contributed by atoms with van der Waals surface area (Å²) in [6, 6.07) is 5.42. The Morgan fingerprint density at radius 2 is 2.08 bits per heavy atom. The Morgan fingerprint density at radius 1 is 1.32 bits per heavy atom. The summed E-state index contributed by atoms with van der Waals surface area (Å²) < 4.78 is 7.31. The Hall–Kier alpha value is -2.57.